The number of nitrogens with zero attached hydrogens (tertiary/aromatic N) is 1. The third kappa shape index (κ3) is 1.63. The number of phenols is 1. The average Bonchev–Trinajstić information content (AvgIpc) is 2.08. The number of phenolic OH excluding ortho intramolecular Hbond substituents is 1. The van der Waals surface area contributed by atoms with Crippen molar-refractivity contribution in [2.45, 2.75) is 6.92 Å². The topological polar surface area (TPSA) is 101 Å². The highest BCUT2D eigenvalue weighted by Crippen LogP contribution is 2.28. The fraction of sp³-hybridized carbons (Fsp3) is 0.125. The minimum Gasteiger partial charge on any atom is -0.507 e. The molecule has 1 aromatic rings. The van der Waals surface area contributed by atoms with Gasteiger partial charge in [0, 0.05) is 6.07 Å². The minimum atomic E-state index is -1.32. The predicted octanol–water partition coefficient (Wildman–Crippen LogP) is 1.31. The van der Waals surface area contributed by atoms with Gasteiger partial charge in [0.25, 0.3) is 5.69 Å². The fourth-order valence-corrected chi connectivity index (χ4v) is 0.997. The highest BCUT2D eigenvalue weighted by Gasteiger charge is 2.18. The van der Waals surface area contributed by atoms with E-state index >= 15 is 0 Å². The second-order valence-electron chi connectivity index (χ2n) is 2.70. The van der Waals surface area contributed by atoms with Gasteiger partial charge in [-0.1, -0.05) is 0 Å². The molecule has 1 aromatic carbocycles. The van der Waals surface area contributed by atoms with E-state index < -0.39 is 22.3 Å². The van der Waals surface area contributed by atoms with Crippen molar-refractivity contribution in [3.63, 3.8) is 0 Å². The van der Waals surface area contributed by atoms with Crippen molar-refractivity contribution in [1.82, 2.24) is 0 Å². The molecule has 0 unspecified atom stereocenters. The number of hydrogen-bond acceptors (Lipinski definition) is 4. The molecular formula is C8H7NO5. The van der Waals surface area contributed by atoms with Gasteiger partial charge in [0.15, 0.2) is 0 Å². The van der Waals surface area contributed by atoms with Crippen LogP contribution in [-0.4, -0.2) is 21.1 Å². The number of carboxylic acids is 1. The van der Waals surface area contributed by atoms with E-state index in [4.69, 9.17) is 5.11 Å². The standard InChI is InChI=1S/C8H7NO5/c1-4-6(9(13)14)2-5(8(11)12)3-7(4)10/h2-3,10H,1H3,(H,11,12). The molecule has 0 bridgehead atoms. The lowest BCUT2D eigenvalue weighted by Gasteiger charge is -2.01. The Labute approximate surface area is 78.6 Å². The normalized spacial score (nSPS) is 9.79. The fourth-order valence-electron chi connectivity index (χ4n) is 0.997. The van der Waals surface area contributed by atoms with Crippen molar-refractivity contribution in [3.05, 3.63) is 33.4 Å². The summed E-state index contributed by atoms with van der Waals surface area (Å²) in [6.45, 7) is 1.35. The summed E-state index contributed by atoms with van der Waals surface area (Å²) in [5.74, 6) is -1.71. The Morgan fingerprint density at radius 2 is 2.07 bits per heavy atom. The number of rotatable bonds is 2. The molecule has 6 nitrogen and oxygen atoms in total. The number of aromatic hydroxyl groups is 1. The quantitative estimate of drug-likeness (QED) is 0.549. The SMILES string of the molecule is Cc1c(O)cc(C(=O)O)cc1[N+](=O)[O-]. The average molecular weight is 197 g/mol. The molecule has 0 heterocycles. The van der Waals surface area contributed by atoms with Crippen LogP contribution in [0.5, 0.6) is 5.75 Å². The van der Waals surface area contributed by atoms with Crippen LogP contribution in [0, 0.1) is 17.0 Å². The minimum absolute atomic E-state index is 0.0556. The Morgan fingerprint density at radius 1 is 1.50 bits per heavy atom. The van der Waals surface area contributed by atoms with E-state index in [1.165, 1.54) is 6.92 Å². The maximum absolute atomic E-state index is 10.5. The highest BCUT2D eigenvalue weighted by atomic mass is 16.6. The number of nitro benzene ring substituents is 1. The third-order valence-electron chi connectivity index (χ3n) is 1.80. The Morgan fingerprint density at radius 3 is 2.50 bits per heavy atom. The van der Waals surface area contributed by atoms with E-state index in [1.54, 1.807) is 0 Å². The molecule has 0 aliphatic carbocycles. The van der Waals surface area contributed by atoms with Gasteiger partial charge in [-0.3, -0.25) is 10.1 Å². The van der Waals surface area contributed by atoms with Gasteiger partial charge in [0.2, 0.25) is 0 Å². The zero-order valence-corrected chi connectivity index (χ0v) is 7.22. The van der Waals surface area contributed by atoms with Crippen LogP contribution < -0.4 is 0 Å². The van der Waals surface area contributed by atoms with E-state index in [0.717, 1.165) is 12.1 Å². The first kappa shape index (κ1) is 9.97. The molecular weight excluding hydrogens is 190 g/mol. The van der Waals surface area contributed by atoms with Gasteiger partial charge in [-0.2, -0.15) is 0 Å². The zero-order valence-electron chi connectivity index (χ0n) is 7.22. The van der Waals surface area contributed by atoms with Crippen LogP contribution >= 0.6 is 0 Å². The Hall–Kier alpha value is -2.11. The largest absolute Gasteiger partial charge is 0.507 e. The number of carbonyl (C=O) groups is 1. The molecule has 0 aromatic heterocycles. The van der Waals surface area contributed by atoms with Crippen LogP contribution in [0.3, 0.4) is 0 Å². The van der Waals surface area contributed by atoms with Crippen molar-refractivity contribution < 1.29 is 19.9 Å². The molecule has 0 spiro atoms. The van der Waals surface area contributed by atoms with Crippen molar-refractivity contribution >= 4 is 11.7 Å². The molecule has 0 radical (unpaired) electrons. The summed E-state index contributed by atoms with van der Waals surface area (Å²) >= 11 is 0. The van der Waals surface area contributed by atoms with Gasteiger partial charge in [0.1, 0.15) is 5.75 Å². The second-order valence-corrected chi connectivity index (χ2v) is 2.70. The molecule has 0 aliphatic heterocycles. The molecule has 0 saturated carbocycles. The van der Waals surface area contributed by atoms with E-state index in [2.05, 4.69) is 0 Å². The number of nitro groups is 1. The maximum Gasteiger partial charge on any atom is 0.336 e. The smallest absolute Gasteiger partial charge is 0.336 e. The van der Waals surface area contributed by atoms with Gasteiger partial charge in [-0.25, -0.2) is 4.79 Å². The van der Waals surface area contributed by atoms with Crippen molar-refractivity contribution in [1.29, 1.82) is 0 Å². The summed E-state index contributed by atoms with van der Waals surface area (Å²) in [5, 5.41) is 28.2. The molecule has 0 aliphatic rings. The van der Waals surface area contributed by atoms with E-state index in [1.807, 2.05) is 0 Å². The third-order valence-corrected chi connectivity index (χ3v) is 1.80. The lowest BCUT2D eigenvalue weighted by molar-refractivity contribution is -0.385. The molecule has 0 amide bonds. The second kappa shape index (κ2) is 3.33. The first-order valence-electron chi connectivity index (χ1n) is 3.64. The van der Waals surface area contributed by atoms with Gasteiger partial charge >= 0.3 is 5.97 Å². The zero-order chi connectivity index (χ0) is 10.9. The van der Waals surface area contributed by atoms with Gasteiger partial charge in [-0.15, -0.1) is 0 Å². The van der Waals surface area contributed by atoms with Crippen LogP contribution in [0.1, 0.15) is 15.9 Å². The van der Waals surface area contributed by atoms with Gasteiger partial charge < -0.3 is 10.2 Å². The van der Waals surface area contributed by atoms with Crippen LogP contribution in [0.25, 0.3) is 0 Å². The van der Waals surface area contributed by atoms with Crippen LogP contribution in [-0.2, 0) is 0 Å². The van der Waals surface area contributed by atoms with Gasteiger partial charge in [0.05, 0.1) is 16.1 Å². The first-order chi connectivity index (χ1) is 6.43. The first-order valence-corrected chi connectivity index (χ1v) is 3.64. The van der Waals surface area contributed by atoms with Crippen molar-refractivity contribution in [2.75, 3.05) is 0 Å². The molecule has 0 atom stereocenters. The lowest BCUT2D eigenvalue weighted by Crippen LogP contribution is -2.00. The highest BCUT2D eigenvalue weighted by molar-refractivity contribution is 5.89. The summed E-state index contributed by atoms with van der Waals surface area (Å²) in [6, 6.07) is 1.89. The summed E-state index contributed by atoms with van der Waals surface area (Å²) in [4.78, 5) is 20.2. The number of hydrogen-bond donors (Lipinski definition) is 2. The van der Waals surface area contributed by atoms with Crippen molar-refractivity contribution in [3.8, 4) is 5.75 Å². The number of benzene rings is 1. The number of aromatic carboxylic acids is 1. The van der Waals surface area contributed by atoms with Gasteiger partial charge in [-0.05, 0) is 13.0 Å². The Kier molecular flexibility index (Phi) is 2.37. The molecule has 2 N–H and O–H groups in total. The van der Waals surface area contributed by atoms with Crippen molar-refractivity contribution in [2.24, 2.45) is 0 Å². The summed E-state index contributed by atoms with van der Waals surface area (Å²) < 4.78 is 0. The molecule has 1 rings (SSSR count). The Bertz CT molecular complexity index is 412. The van der Waals surface area contributed by atoms with Crippen LogP contribution in [0.4, 0.5) is 5.69 Å². The number of carboxylic acid groups (broad SMARTS) is 1. The molecule has 0 fully saturated rings. The lowest BCUT2D eigenvalue weighted by atomic mass is 10.1. The summed E-state index contributed by atoms with van der Waals surface area (Å²) in [5.41, 5.74) is -0.651. The van der Waals surface area contributed by atoms with Crippen LogP contribution in [0.15, 0.2) is 12.1 Å². The van der Waals surface area contributed by atoms with Crippen LogP contribution in [0.2, 0.25) is 0 Å². The molecule has 74 valence electrons. The predicted molar refractivity (Wildman–Crippen MR) is 46.5 cm³/mol. The maximum atomic E-state index is 10.5. The van der Waals surface area contributed by atoms with E-state index in [-0.39, 0.29) is 11.1 Å². The molecule has 6 heteroatoms. The van der Waals surface area contributed by atoms with E-state index in [9.17, 15) is 20.0 Å². The summed E-state index contributed by atoms with van der Waals surface area (Å²) in [6.07, 6.45) is 0. The van der Waals surface area contributed by atoms with E-state index in [0.29, 0.717) is 0 Å². The Balaban J connectivity index is 3.43. The molecule has 14 heavy (non-hydrogen) atoms. The summed E-state index contributed by atoms with van der Waals surface area (Å²) in [7, 11) is 0. The monoisotopic (exact) mass is 197 g/mol. The molecule has 0 saturated heterocycles.